The molecule has 0 aromatic heterocycles. The van der Waals surface area contributed by atoms with Gasteiger partial charge in [-0.25, -0.2) is 0 Å². The molecule has 0 aliphatic carbocycles. The molecule has 0 radical (unpaired) electrons. The van der Waals surface area contributed by atoms with E-state index in [0.29, 0.717) is 5.41 Å². The summed E-state index contributed by atoms with van der Waals surface area (Å²) in [5.41, 5.74) is 0.471. The summed E-state index contributed by atoms with van der Waals surface area (Å²) in [6.07, 6.45) is 1.28. The Hall–Kier alpha value is -0.0800. The van der Waals surface area contributed by atoms with Crippen LogP contribution in [0.3, 0.4) is 0 Å². The first kappa shape index (κ1) is 10.0. The summed E-state index contributed by atoms with van der Waals surface area (Å²) >= 11 is 0. The van der Waals surface area contributed by atoms with Crippen LogP contribution in [0, 0.1) is 5.41 Å². The largest absolute Gasteiger partial charge is 0.379 e. The first-order chi connectivity index (χ1) is 5.58. The molecule has 0 bridgehead atoms. The zero-order chi connectivity index (χ0) is 9.03. The van der Waals surface area contributed by atoms with Crippen molar-refractivity contribution < 1.29 is 4.74 Å². The summed E-state index contributed by atoms with van der Waals surface area (Å²) < 4.78 is 5.29. The first-order valence-corrected chi connectivity index (χ1v) is 4.88. The van der Waals surface area contributed by atoms with Gasteiger partial charge >= 0.3 is 0 Å². The molecule has 72 valence electrons. The van der Waals surface area contributed by atoms with Crippen LogP contribution in [-0.2, 0) is 4.74 Å². The van der Waals surface area contributed by atoms with E-state index in [1.807, 2.05) is 0 Å². The summed E-state index contributed by atoms with van der Waals surface area (Å²) in [7, 11) is 0. The van der Waals surface area contributed by atoms with Gasteiger partial charge in [-0.3, -0.25) is 4.90 Å². The molecule has 0 aromatic carbocycles. The molecular weight excluding hydrogens is 150 g/mol. The van der Waals surface area contributed by atoms with Crippen molar-refractivity contribution in [1.29, 1.82) is 0 Å². The van der Waals surface area contributed by atoms with E-state index in [0.717, 1.165) is 26.3 Å². The van der Waals surface area contributed by atoms with Gasteiger partial charge in [-0.2, -0.15) is 0 Å². The van der Waals surface area contributed by atoms with Crippen LogP contribution >= 0.6 is 0 Å². The molecule has 0 saturated carbocycles. The molecule has 0 atom stereocenters. The molecule has 1 heterocycles. The number of hydrogen-bond acceptors (Lipinski definition) is 2. The lowest BCUT2D eigenvalue weighted by atomic mass is 9.92. The third kappa shape index (κ3) is 4.07. The predicted molar refractivity (Wildman–Crippen MR) is 51.3 cm³/mol. The number of nitrogens with zero attached hydrogens (tertiary/aromatic N) is 1. The smallest absolute Gasteiger partial charge is 0.0594 e. The monoisotopic (exact) mass is 171 g/mol. The molecule has 0 spiro atoms. The van der Waals surface area contributed by atoms with E-state index < -0.39 is 0 Å². The maximum Gasteiger partial charge on any atom is 0.0594 e. The molecule has 0 aromatic rings. The Morgan fingerprint density at radius 3 is 2.25 bits per heavy atom. The molecule has 1 saturated heterocycles. The van der Waals surface area contributed by atoms with E-state index in [2.05, 4.69) is 25.7 Å². The highest BCUT2D eigenvalue weighted by Crippen LogP contribution is 2.18. The van der Waals surface area contributed by atoms with Crippen LogP contribution in [0.1, 0.15) is 27.2 Å². The number of rotatable bonds is 2. The van der Waals surface area contributed by atoms with Crippen molar-refractivity contribution in [3.63, 3.8) is 0 Å². The topological polar surface area (TPSA) is 12.5 Å². The Morgan fingerprint density at radius 1 is 1.17 bits per heavy atom. The Bertz CT molecular complexity index is 122. The van der Waals surface area contributed by atoms with E-state index in [1.54, 1.807) is 0 Å². The van der Waals surface area contributed by atoms with Crippen LogP contribution in [0.25, 0.3) is 0 Å². The van der Waals surface area contributed by atoms with Crippen molar-refractivity contribution in [1.82, 2.24) is 4.90 Å². The molecule has 2 heteroatoms. The number of morpholine rings is 1. The summed E-state index contributed by atoms with van der Waals surface area (Å²) in [5.74, 6) is 0. The molecule has 1 fully saturated rings. The summed E-state index contributed by atoms with van der Waals surface area (Å²) in [6.45, 7) is 12.2. The minimum atomic E-state index is 0.471. The van der Waals surface area contributed by atoms with Gasteiger partial charge in [0, 0.05) is 13.1 Å². The maximum absolute atomic E-state index is 5.29. The van der Waals surface area contributed by atoms with E-state index in [-0.39, 0.29) is 0 Å². The molecule has 1 aliphatic rings. The average molecular weight is 171 g/mol. The number of hydrogen-bond donors (Lipinski definition) is 0. The van der Waals surface area contributed by atoms with Crippen molar-refractivity contribution in [2.24, 2.45) is 5.41 Å². The molecule has 0 unspecified atom stereocenters. The Kier molecular flexibility index (Phi) is 3.53. The highest BCUT2D eigenvalue weighted by molar-refractivity contribution is 4.67. The van der Waals surface area contributed by atoms with E-state index >= 15 is 0 Å². The van der Waals surface area contributed by atoms with Crippen molar-refractivity contribution in [2.75, 3.05) is 32.8 Å². The van der Waals surface area contributed by atoms with Crippen molar-refractivity contribution in [2.45, 2.75) is 27.2 Å². The van der Waals surface area contributed by atoms with Gasteiger partial charge in [0.15, 0.2) is 0 Å². The standard InChI is InChI=1S/C10H21NO/c1-10(2,3)4-5-11-6-8-12-9-7-11/h4-9H2,1-3H3. The second-order valence-corrected chi connectivity index (χ2v) is 4.76. The molecule has 2 nitrogen and oxygen atoms in total. The quantitative estimate of drug-likeness (QED) is 0.627. The summed E-state index contributed by atoms with van der Waals surface area (Å²) in [5, 5.41) is 0. The second-order valence-electron chi connectivity index (χ2n) is 4.76. The first-order valence-electron chi connectivity index (χ1n) is 4.88. The molecule has 12 heavy (non-hydrogen) atoms. The maximum atomic E-state index is 5.29. The summed E-state index contributed by atoms with van der Waals surface area (Å²) in [4.78, 5) is 2.49. The molecule has 1 aliphatic heterocycles. The van der Waals surface area contributed by atoms with Gasteiger partial charge in [0.1, 0.15) is 0 Å². The van der Waals surface area contributed by atoms with Gasteiger partial charge in [-0.1, -0.05) is 20.8 Å². The van der Waals surface area contributed by atoms with Gasteiger partial charge < -0.3 is 4.74 Å². The molecule has 1 rings (SSSR count). The fraction of sp³-hybridized carbons (Fsp3) is 1.00. The Balaban J connectivity index is 2.13. The zero-order valence-electron chi connectivity index (χ0n) is 8.60. The molecular formula is C10H21NO. The minimum Gasteiger partial charge on any atom is -0.379 e. The lowest BCUT2D eigenvalue weighted by Gasteiger charge is -2.29. The van der Waals surface area contributed by atoms with Crippen LogP contribution in [0.4, 0.5) is 0 Å². The SMILES string of the molecule is CC(C)(C)CCN1CCOCC1. The van der Waals surface area contributed by atoms with Gasteiger partial charge in [0.25, 0.3) is 0 Å². The zero-order valence-corrected chi connectivity index (χ0v) is 8.60. The lowest BCUT2D eigenvalue weighted by Crippen LogP contribution is -2.37. The molecule has 0 N–H and O–H groups in total. The van der Waals surface area contributed by atoms with Crippen LogP contribution in [-0.4, -0.2) is 37.7 Å². The van der Waals surface area contributed by atoms with Gasteiger partial charge in [0.2, 0.25) is 0 Å². The van der Waals surface area contributed by atoms with Gasteiger partial charge in [-0.15, -0.1) is 0 Å². The second kappa shape index (κ2) is 4.24. The van der Waals surface area contributed by atoms with Crippen molar-refractivity contribution in [3.8, 4) is 0 Å². The van der Waals surface area contributed by atoms with E-state index in [9.17, 15) is 0 Å². The highest BCUT2D eigenvalue weighted by atomic mass is 16.5. The van der Waals surface area contributed by atoms with Crippen LogP contribution in [0.2, 0.25) is 0 Å². The highest BCUT2D eigenvalue weighted by Gasteiger charge is 2.14. The van der Waals surface area contributed by atoms with Gasteiger partial charge in [0.05, 0.1) is 13.2 Å². The predicted octanol–water partition coefficient (Wildman–Crippen LogP) is 1.75. The normalized spacial score (nSPS) is 21.2. The van der Waals surface area contributed by atoms with Crippen LogP contribution in [0.5, 0.6) is 0 Å². The van der Waals surface area contributed by atoms with Crippen molar-refractivity contribution >= 4 is 0 Å². The summed E-state index contributed by atoms with van der Waals surface area (Å²) in [6, 6.07) is 0. The lowest BCUT2D eigenvalue weighted by molar-refractivity contribution is 0.0333. The van der Waals surface area contributed by atoms with Crippen LogP contribution < -0.4 is 0 Å². The fourth-order valence-corrected chi connectivity index (χ4v) is 1.32. The van der Waals surface area contributed by atoms with Crippen LogP contribution in [0.15, 0.2) is 0 Å². The Morgan fingerprint density at radius 2 is 1.75 bits per heavy atom. The average Bonchev–Trinajstić information content (AvgIpc) is 2.02. The van der Waals surface area contributed by atoms with E-state index in [1.165, 1.54) is 13.0 Å². The third-order valence-electron chi connectivity index (χ3n) is 2.28. The van der Waals surface area contributed by atoms with E-state index in [4.69, 9.17) is 4.74 Å². The molecule has 0 amide bonds. The fourth-order valence-electron chi connectivity index (χ4n) is 1.32. The van der Waals surface area contributed by atoms with Crippen molar-refractivity contribution in [3.05, 3.63) is 0 Å². The number of ether oxygens (including phenoxy) is 1. The third-order valence-corrected chi connectivity index (χ3v) is 2.28. The van der Waals surface area contributed by atoms with Gasteiger partial charge in [-0.05, 0) is 18.4 Å². The minimum absolute atomic E-state index is 0.471. The Labute approximate surface area is 75.9 Å².